The lowest BCUT2D eigenvalue weighted by molar-refractivity contribution is -0.0593. The molecule has 0 radical (unpaired) electrons. The van der Waals surface area contributed by atoms with Gasteiger partial charge in [-0.05, 0) is 56.2 Å². The van der Waals surface area contributed by atoms with Gasteiger partial charge in [0.05, 0.1) is 17.2 Å². The number of rotatable bonds is 3. The first kappa shape index (κ1) is 14.1. The van der Waals surface area contributed by atoms with Crippen molar-refractivity contribution < 1.29 is 4.74 Å². The summed E-state index contributed by atoms with van der Waals surface area (Å²) < 4.78 is 5.81. The molecule has 0 amide bonds. The number of nitrogens with zero attached hydrogens (tertiary/aromatic N) is 1. The Balaban J connectivity index is 2.36. The van der Waals surface area contributed by atoms with E-state index in [0.717, 1.165) is 37.9 Å². The summed E-state index contributed by atoms with van der Waals surface area (Å²) in [5.41, 5.74) is 3.44. The van der Waals surface area contributed by atoms with Crippen molar-refractivity contribution in [3.05, 3.63) is 34.9 Å². The van der Waals surface area contributed by atoms with Crippen LogP contribution >= 0.6 is 0 Å². The highest BCUT2D eigenvalue weighted by atomic mass is 16.5. The third-order valence-corrected chi connectivity index (χ3v) is 3.97. The van der Waals surface area contributed by atoms with E-state index in [4.69, 9.17) is 4.74 Å². The van der Waals surface area contributed by atoms with E-state index in [-0.39, 0.29) is 5.60 Å². The van der Waals surface area contributed by atoms with Crippen molar-refractivity contribution in [1.29, 1.82) is 5.26 Å². The molecular weight excluding hydrogens is 234 g/mol. The largest absolute Gasteiger partial charge is 0.376 e. The van der Waals surface area contributed by atoms with E-state index in [1.807, 2.05) is 12.1 Å². The van der Waals surface area contributed by atoms with Gasteiger partial charge in [0.15, 0.2) is 0 Å². The van der Waals surface area contributed by atoms with Gasteiger partial charge in [0.1, 0.15) is 0 Å². The molecule has 0 spiro atoms. The van der Waals surface area contributed by atoms with Crippen molar-refractivity contribution in [2.45, 2.75) is 58.0 Å². The lowest BCUT2D eigenvalue weighted by Crippen LogP contribution is -2.33. The van der Waals surface area contributed by atoms with E-state index in [9.17, 15) is 5.26 Å². The SMILES string of the molecule is CCCc1c(C#N)cccc1C1CCOC(C)(C)C1. The molecule has 1 atom stereocenters. The van der Waals surface area contributed by atoms with Crippen LogP contribution in [0.1, 0.15) is 62.6 Å². The van der Waals surface area contributed by atoms with Crippen LogP contribution in [0.5, 0.6) is 0 Å². The van der Waals surface area contributed by atoms with E-state index < -0.39 is 0 Å². The highest BCUT2D eigenvalue weighted by molar-refractivity contribution is 5.44. The summed E-state index contributed by atoms with van der Waals surface area (Å²) in [6, 6.07) is 8.52. The minimum absolute atomic E-state index is 0.0466. The van der Waals surface area contributed by atoms with Crippen LogP contribution in [0.25, 0.3) is 0 Å². The first-order valence-corrected chi connectivity index (χ1v) is 7.23. The van der Waals surface area contributed by atoms with Gasteiger partial charge in [-0.1, -0.05) is 25.5 Å². The van der Waals surface area contributed by atoms with Crippen LogP contribution in [0.3, 0.4) is 0 Å². The topological polar surface area (TPSA) is 33.0 Å². The summed E-state index contributed by atoms with van der Waals surface area (Å²) in [5, 5.41) is 9.30. The average molecular weight is 257 g/mol. The van der Waals surface area contributed by atoms with Crippen LogP contribution in [-0.4, -0.2) is 12.2 Å². The lowest BCUT2D eigenvalue weighted by Gasteiger charge is -2.36. The summed E-state index contributed by atoms with van der Waals surface area (Å²) in [7, 11) is 0. The van der Waals surface area contributed by atoms with Crippen LogP contribution in [0.15, 0.2) is 18.2 Å². The molecule has 1 unspecified atom stereocenters. The average Bonchev–Trinajstić information content (AvgIpc) is 2.38. The van der Waals surface area contributed by atoms with Gasteiger partial charge in [0.2, 0.25) is 0 Å². The minimum atomic E-state index is -0.0466. The monoisotopic (exact) mass is 257 g/mol. The predicted molar refractivity (Wildman–Crippen MR) is 77.2 cm³/mol. The fourth-order valence-corrected chi connectivity index (χ4v) is 3.12. The fraction of sp³-hybridized carbons (Fsp3) is 0.588. The highest BCUT2D eigenvalue weighted by Gasteiger charge is 2.30. The zero-order valence-electron chi connectivity index (χ0n) is 12.2. The summed E-state index contributed by atoms with van der Waals surface area (Å²) in [4.78, 5) is 0. The number of ether oxygens (including phenoxy) is 1. The fourth-order valence-electron chi connectivity index (χ4n) is 3.12. The Hall–Kier alpha value is -1.33. The molecule has 0 aromatic heterocycles. The quantitative estimate of drug-likeness (QED) is 0.813. The van der Waals surface area contributed by atoms with Crippen molar-refractivity contribution >= 4 is 0 Å². The molecule has 1 heterocycles. The van der Waals surface area contributed by atoms with Gasteiger partial charge in [0.25, 0.3) is 0 Å². The van der Waals surface area contributed by atoms with Gasteiger partial charge >= 0.3 is 0 Å². The van der Waals surface area contributed by atoms with Crippen LogP contribution in [0.4, 0.5) is 0 Å². The maximum absolute atomic E-state index is 9.30. The lowest BCUT2D eigenvalue weighted by atomic mass is 9.80. The van der Waals surface area contributed by atoms with Gasteiger partial charge in [-0.25, -0.2) is 0 Å². The van der Waals surface area contributed by atoms with E-state index >= 15 is 0 Å². The maximum atomic E-state index is 9.30. The number of hydrogen-bond donors (Lipinski definition) is 0. The normalized spacial score (nSPS) is 21.9. The molecule has 2 heteroatoms. The van der Waals surface area contributed by atoms with E-state index in [2.05, 4.69) is 32.9 Å². The third-order valence-electron chi connectivity index (χ3n) is 3.97. The van der Waals surface area contributed by atoms with Crippen molar-refractivity contribution in [3.63, 3.8) is 0 Å². The highest BCUT2D eigenvalue weighted by Crippen LogP contribution is 2.37. The van der Waals surface area contributed by atoms with Gasteiger partial charge in [-0.15, -0.1) is 0 Å². The molecule has 1 aliphatic rings. The molecule has 0 aliphatic carbocycles. The van der Waals surface area contributed by atoms with Gasteiger partial charge in [-0.2, -0.15) is 5.26 Å². The Morgan fingerprint density at radius 3 is 2.84 bits per heavy atom. The minimum Gasteiger partial charge on any atom is -0.376 e. The summed E-state index contributed by atoms with van der Waals surface area (Å²) >= 11 is 0. The smallest absolute Gasteiger partial charge is 0.0994 e. The van der Waals surface area contributed by atoms with Crippen LogP contribution in [0, 0.1) is 11.3 Å². The summed E-state index contributed by atoms with van der Waals surface area (Å²) in [6.45, 7) is 7.31. The Labute approximate surface area is 116 Å². The molecule has 0 bridgehead atoms. The molecule has 1 aliphatic heterocycles. The van der Waals surface area contributed by atoms with Crippen LogP contribution in [-0.2, 0) is 11.2 Å². The standard InChI is InChI=1S/C17H23NO/c1-4-6-15-14(12-18)7-5-8-16(15)13-9-10-19-17(2,3)11-13/h5,7-8,13H,4,6,9-11H2,1-3H3. The molecule has 1 aromatic carbocycles. The Morgan fingerprint density at radius 1 is 1.42 bits per heavy atom. The molecular formula is C17H23NO. The molecule has 1 aromatic rings. The first-order valence-electron chi connectivity index (χ1n) is 7.23. The molecule has 102 valence electrons. The Kier molecular flexibility index (Phi) is 4.27. The second-order valence-corrected chi connectivity index (χ2v) is 6.03. The van der Waals surface area contributed by atoms with Crippen LogP contribution < -0.4 is 0 Å². The number of nitriles is 1. The van der Waals surface area contributed by atoms with Gasteiger partial charge in [0, 0.05) is 6.61 Å². The number of benzene rings is 1. The molecule has 1 fully saturated rings. The van der Waals surface area contributed by atoms with Crippen molar-refractivity contribution in [1.82, 2.24) is 0 Å². The second kappa shape index (κ2) is 5.75. The van der Waals surface area contributed by atoms with Crippen molar-refractivity contribution in [2.24, 2.45) is 0 Å². The van der Waals surface area contributed by atoms with Crippen molar-refractivity contribution in [2.75, 3.05) is 6.61 Å². The molecule has 2 nitrogen and oxygen atoms in total. The molecule has 19 heavy (non-hydrogen) atoms. The molecule has 1 saturated heterocycles. The summed E-state index contributed by atoms with van der Waals surface area (Å²) in [6.07, 6.45) is 4.18. The molecule has 2 rings (SSSR count). The van der Waals surface area contributed by atoms with E-state index in [1.165, 1.54) is 11.1 Å². The van der Waals surface area contributed by atoms with Crippen LogP contribution in [0.2, 0.25) is 0 Å². The van der Waals surface area contributed by atoms with Gasteiger partial charge < -0.3 is 4.74 Å². The van der Waals surface area contributed by atoms with E-state index in [0.29, 0.717) is 5.92 Å². The van der Waals surface area contributed by atoms with Crippen molar-refractivity contribution in [3.8, 4) is 6.07 Å². The van der Waals surface area contributed by atoms with Gasteiger partial charge in [-0.3, -0.25) is 0 Å². The zero-order chi connectivity index (χ0) is 13.9. The first-order chi connectivity index (χ1) is 9.07. The second-order valence-electron chi connectivity index (χ2n) is 6.03. The Morgan fingerprint density at radius 2 is 2.21 bits per heavy atom. The van der Waals surface area contributed by atoms with E-state index in [1.54, 1.807) is 0 Å². The summed E-state index contributed by atoms with van der Waals surface area (Å²) in [5.74, 6) is 0.526. The molecule has 0 N–H and O–H groups in total. The zero-order valence-corrected chi connectivity index (χ0v) is 12.2. The third kappa shape index (κ3) is 3.16. The predicted octanol–water partition coefficient (Wildman–Crippen LogP) is 4.18. The maximum Gasteiger partial charge on any atom is 0.0994 e. The molecule has 0 saturated carbocycles. The Bertz CT molecular complexity index is 485. The number of hydrogen-bond acceptors (Lipinski definition) is 2.